The number of benzene rings is 1. The molecule has 0 unspecified atom stereocenters. The Kier molecular flexibility index (Phi) is 6.32. The first-order valence-corrected chi connectivity index (χ1v) is 7.56. The van der Waals surface area contributed by atoms with Crippen molar-refractivity contribution in [1.29, 1.82) is 0 Å². The molecule has 1 aromatic carbocycles. The molecule has 0 aromatic heterocycles. The summed E-state index contributed by atoms with van der Waals surface area (Å²) in [5.41, 5.74) is 1.21. The maximum Gasteiger partial charge on any atom is 0.223 e. The Morgan fingerprint density at radius 3 is 2.65 bits per heavy atom. The first kappa shape index (κ1) is 14.8. The molecule has 1 aromatic rings. The van der Waals surface area contributed by atoms with Crippen molar-refractivity contribution in [2.45, 2.75) is 25.7 Å². The highest BCUT2D eigenvalue weighted by atomic mass is 16.2. The van der Waals surface area contributed by atoms with E-state index < -0.39 is 0 Å². The fraction of sp³-hybridized carbons (Fsp3) is 0.471. The smallest absolute Gasteiger partial charge is 0.223 e. The second-order valence-electron chi connectivity index (χ2n) is 5.21. The van der Waals surface area contributed by atoms with Gasteiger partial charge in [-0.05, 0) is 24.8 Å². The van der Waals surface area contributed by atoms with Gasteiger partial charge in [-0.3, -0.25) is 4.79 Å². The van der Waals surface area contributed by atoms with Crippen LogP contribution in [0.5, 0.6) is 0 Å². The van der Waals surface area contributed by atoms with Crippen LogP contribution in [0.4, 0.5) is 0 Å². The lowest BCUT2D eigenvalue weighted by Gasteiger charge is -2.26. The Labute approximate surface area is 121 Å². The number of likely N-dealkylation sites (tertiary alicyclic amines) is 1. The highest BCUT2D eigenvalue weighted by Crippen LogP contribution is 2.09. The summed E-state index contributed by atoms with van der Waals surface area (Å²) in [4.78, 5) is 13.9. The van der Waals surface area contributed by atoms with E-state index in [1.54, 1.807) is 0 Å². The second kappa shape index (κ2) is 8.54. The Morgan fingerprint density at radius 2 is 1.90 bits per heavy atom. The fourth-order valence-electron chi connectivity index (χ4n) is 2.44. The number of carbonyl (C=O) groups excluding carboxylic acids is 1. The molecular formula is C17H24N2O. The first-order chi connectivity index (χ1) is 9.86. The molecule has 1 fully saturated rings. The third-order valence-electron chi connectivity index (χ3n) is 3.60. The molecule has 0 atom stereocenters. The Balaban J connectivity index is 1.57. The maximum absolute atomic E-state index is 11.9. The zero-order valence-corrected chi connectivity index (χ0v) is 12.1. The average molecular weight is 272 g/mol. The summed E-state index contributed by atoms with van der Waals surface area (Å²) in [6, 6.07) is 10.2. The lowest BCUT2D eigenvalue weighted by molar-refractivity contribution is -0.131. The average Bonchev–Trinajstić information content (AvgIpc) is 2.52. The van der Waals surface area contributed by atoms with Gasteiger partial charge in [-0.1, -0.05) is 42.5 Å². The van der Waals surface area contributed by atoms with Crippen LogP contribution in [0.3, 0.4) is 0 Å². The van der Waals surface area contributed by atoms with Gasteiger partial charge in [0.25, 0.3) is 0 Å². The molecule has 1 saturated heterocycles. The first-order valence-electron chi connectivity index (χ1n) is 7.56. The number of nitrogens with one attached hydrogen (secondary N) is 1. The molecule has 1 aliphatic rings. The minimum Gasteiger partial charge on any atom is -0.343 e. The number of hydrogen-bond acceptors (Lipinski definition) is 2. The van der Waals surface area contributed by atoms with E-state index >= 15 is 0 Å². The summed E-state index contributed by atoms with van der Waals surface area (Å²) >= 11 is 0. The van der Waals surface area contributed by atoms with Gasteiger partial charge in [0, 0.05) is 32.6 Å². The molecule has 1 aliphatic heterocycles. The van der Waals surface area contributed by atoms with Crippen LogP contribution in [0.25, 0.3) is 6.08 Å². The molecule has 0 aliphatic carbocycles. The molecule has 20 heavy (non-hydrogen) atoms. The van der Waals surface area contributed by atoms with Crippen LogP contribution < -0.4 is 5.32 Å². The number of amides is 1. The van der Waals surface area contributed by atoms with E-state index in [1.807, 2.05) is 23.1 Å². The van der Waals surface area contributed by atoms with Gasteiger partial charge in [0.15, 0.2) is 0 Å². The van der Waals surface area contributed by atoms with E-state index in [0.29, 0.717) is 12.3 Å². The summed E-state index contributed by atoms with van der Waals surface area (Å²) in [6.07, 6.45) is 8.41. The van der Waals surface area contributed by atoms with E-state index in [9.17, 15) is 4.79 Å². The van der Waals surface area contributed by atoms with E-state index in [4.69, 9.17) is 0 Å². The Hall–Kier alpha value is -1.61. The van der Waals surface area contributed by atoms with Crippen molar-refractivity contribution < 1.29 is 4.79 Å². The van der Waals surface area contributed by atoms with Gasteiger partial charge in [0.2, 0.25) is 5.91 Å². The predicted molar refractivity (Wildman–Crippen MR) is 83.4 cm³/mol. The van der Waals surface area contributed by atoms with Crippen LogP contribution in [0.1, 0.15) is 31.2 Å². The van der Waals surface area contributed by atoms with E-state index in [0.717, 1.165) is 26.2 Å². The third-order valence-corrected chi connectivity index (χ3v) is 3.60. The molecule has 0 spiro atoms. The summed E-state index contributed by atoms with van der Waals surface area (Å²) in [5, 5.41) is 3.29. The second-order valence-corrected chi connectivity index (χ2v) is 5.21. The van der Waals surface area contributed by atoms with Crippen molar-refractivity contribution in [3.05, 3.63) is 42.0 Å². The molecule has 1 heterocycles. The Morgan fingerprint density at radius 1 is 1.15 bits per heavy atom. The molecule has 1 amide bonds. The Bertz CT molecular complexity index is 422. The van der Waals surface area contributed by atoms with Gasteiger partial charge in [-0.2, -0.15) is 0 Å². The van der Waals surface area contributed by atoms with Crippen LogP contribution in [0, 0.1) is 0 Å². The summed E-state index contributed by atoms with van der Waals surface area (Å²) in [6.45, 7) is 3.47. The van der Waals surface area contributed by atoms with Gasteiger partial charge in [0.1, 0.15) is 0 Å². The molecule has 2 rings (SSSR count). The standard InChI is InChI=1S/C17H24N2O/c20-17(19-14-5-2-6-15-19)11-13-18-12-7-10-16-8-3-1-4-9-16/h1,3-4,7-10,18H,2,5-6,11-15H2/b10-7+. The van der Waals surface area contributed by atoms with E-state index in [2.05, 4.69) is 29.6 Å². The molecule has 0 saturated carbocycles. The lowest BCUT2D eigenvalue weighted by atomic mass is 10.1. The van der Waals surface area contributed by atoms with Crippen molar-refractivity contribution in [3.63, 3.8) is 0 Å². The van der Waals surface area contributed by atoms with Crippen LogP contribution in [-0.4, -0.2) is 37.0 Å². The van der Waals surface area contributed by atoms with Gasteiger partial charge in [-0.25, -0.2) is 0 Å². The molecule has 0 radical (unpaired) electrons. The van der Waals surface area contributed by atoms with Gasteiger partial charge in [0.05, 0.1) is 0 Å². The predicted octanol–water partition coefficient (Wildman–Crippen LogP) is 2.69. The van der Waals surface area contributed by atoms with Crippen LogP contribution in [-0.2, 0) is 4.79 Å². The van der Waals surface area contributed by atoms with Crippen molar-refractivity contribution in [2.75, 3.05) is 26.2 Å². The van der Waals surface area contributed by atoms with Crippen molar-refractivity contribution in [3.8, 4) is 0 Å². The minimum absolute atomic E-state index is 0.296. The zero-order chi connectivity index (χ0) is 14.0. The van der Waals surface area contributed by atoms with Gasteiger partial charge < -0.3 is 10.2 Å². The third kappa shape index (κ3) is 5.17. The number of piperidine rings is 1. The topological polar surface area (TPSA) is 32.3 Å². The number of rotatable bonds is 6. The van der Waals surface area contributed by atoms with Gasteiger partial charge in [-0.15, -0.1) is 0 Å². The van der Waals surface area contributed by atoms with E-state index in [1.165, 1.54) is 24.8 Å². The van der Waals surface area contributed by atoms with Crippen LogP contribution in [0.2, 0.25) is 0 Å². The summed E-state index contributed by atoms with van der Waals surface area (Å²) < 4.78 is 0. The monoisotopic (exact) mass is 272 g/mol. The van der Waals surface area contributed by atoms with Crippen LogP contribution >= 0.6 is 0 Å². The number of hydrogen-bond donors (Lipinski definition) is 1. The molecule has 108 valence electrons. The van der Waals surface area contributed by atoms with E-state index in [-0.39, 0.29) is 0 Å². The zero-order valence-electron chi connectivity index (χ0n) is 12.1. The van der Waals surface area contributed by atoms with Crippen LogP contribution in [0.15, 0.2) is 36.4 Å². The lowest BCUT2D eigenvalue weighted by Crippen LogP contribution is -2.37. The van der Waals surface area contributed by atoms with Crippen molar-refractivity contribution in [1.82, 2.24) is 10.2 Å². The van der Waals surface area contributed by atoms with Crippen molar-refractivity contribution in [2.24, 2.45) is 0 Å². The fourth-order valence-corrected chi connectivity index (χ4v) is 2.44. The quantitative estimate of drug-likeness (QED) is 0.808. The SMILES string of the molecule is O=C(CCNC/C=C/c1ccccc1)N1CCCCC1. The molecule has 1 N–H and O–H groups in total. The van der Waals surface area contributed by atoms with Crippen molar-refractivity contribution >= 4 is 12.0 Å². The minimum atomic E-state index is 0.296. The molecule has 0 bridgehead atoms. The number of nitrogens with zero attached hydrogens (tertiary/aromatic N) is 1. The maximum atomic E-state index is 11.9. The summed E-state index contributed by atoms with van der Waals surface area (Å²) in [7, 11) is 0. The summed E-state index contributed by atoms with van der Waals surface area (Å²) in [5.74, 6) is 0.296. The molecule has 3 nitrogen and oxygen atoms in total. The molecular weight excluding hydrogens is 248 g/mol. The highest BCUT2D eigenvalue weighted by Gasteiger charge is 2.15. The number of carbonyl (C=O) groups is 1. The van der Waals surface area contributed by atoms with Gasteiger partial charge >= 0.3 is 0 Å². The largest absolute Gasteiger partial charge is 0.343 e. The molecule has 3 heteroatoms. The normalized spacial score (nSPS) is 15.7. The highest BCUT2D eigenvalue weighted by molar-refractivity contribution is 5.76.